The highest BCUT2D eigenvalue weighted by atomic mass is 32.2. The van der Waals surface area contributed by atoms with Crippen LogP contribution in [0.25, 0.3) is 0 Å². The summed E-state index contributed by atoms with van der Waals surface area (Å²) in [6, 6.07) is 4.68. The maximum atomic E-state index is 12.8. The quantitative estimate of drug-likeness (QED) is 0.384. The maximum Gasteiger partial charge on any atom is 0.296 e. The summed E-state index contributed by atoms with van der Waals surface area (Å²) < 4.78 is 38.4. The summed E-state index contributed by atoms with van der Waals surface area (Å²) in [7, 11) is -2.75. The molecule has 3 N–H and O–H groups in total. The largest absolute Gasteiger partial charge is 0.494 e. The maximum absolute atomic E-state index is 12.8. The van der Waals surface area contributed by atoms with Crippen LogP contribution in [0.4, 0.5) is 11.4 Å². The van der Waals surface area contributed by atoms with Crippen molar-refractivity contribution in [1.82, 2.24) is 10.3 Å². The van der Waals surface area contributed by atoms with Gasteiger partial charge >= 0.3 is 0 Å². The molecule has 2 aromatic heterocycles. The molecule has 172 valence electrons. The zero-order valence-corrected chi connectivity index (χ0v) is 18.8. The first-order chi connectivity index (χ1) is 15.8. The topological polar surface area (TPSA) is 157 Å². The number of furan rings is 1. The number of thiazole rings is 1. The van der Waals surface area contributed by atoms with E-state index in [1.54, 1.807) is 12.1 Å². The highest BCUT2D eigenvalue weighted by Crippen LogP contribution is 2.42. The molecule has 1 aromatic carbocycles. The number of anilines is 2. The second kappa shape index (κ2) is 9.03. The number of carbonyl (C=O) groups is 3. The number of ether oxygens (including phenoxy) is 1. The van der Waals surface area contributed by atoms with Gasteiger partial charge in [-0.25, -0.2) is 4.98 Å². The van der Waals surface area contributed by atoms with Gasteiger partial charge in [0.15, 0.2) is 0 Å². The SMILES string of the molecule is COc1c(CCC(=O)NCc2ccco2)c(NS(=O)(=O)c2nccs2)cc2c1NC(=O)C2=O. The van der Waals surface area contributed by atoms with E-state index in [1.165, 1.54) is 31.0 Å². The van der Waals surface area contributed by atoms with Gasteiger partial charge in [-0.3, -0.25) is 19.1 Å². The highest BCUT2D eigenvalue weighted by molar-refractivity contribution is 7.94. The van der Waals surface area contributed by atoms with Crippen molar-refractivity contribution in [3.05, 3.63) is 52.9 Å². The number of hydrogen-bond acceptors (Lipinski definition) is 9. The number of fused-ring (bicyclic) bond motifs is 1. The lowest BCUT2D eigenvalue weighted by molar-refractivity contribution is -0.121. The molecule has 0 bridgehead atoms. The number of ketones is 1. The summed E-state index contributed by atoms with van der Waals surface area (Å²) in [5, 5.41) is 6.66. The molecule has 0 radical (unpaired) electrons. The summed E-state index contributed by atoms with van der Waals surface area (Å²) in [4.78, 5) is 40.4. The van der Waals surface area contributed by atoms with Gasteiger partial charge in [0.1, 0.15) is 11.5 Å². The first-order valence-electron chi connectivity index (χ1n) is 9.61. The van der Waals surface area contributed by atoms with Gasteiger partial charge in [0.25, 0.3) is 21.7 Å². The smallest absolute Gasteiger partial charge is 0.296 e. The molecular formula is C20H18N4O7S2. The van der Waals surface area contributed by atoms with Crippen LogP contribution >= 0.6 is 11.3 Å². The fourth-order valence-corrected chi connectivity index (χ4v) is 5.23. The molecule has 0 atom stereocenters. The average molecular weight is 491 g/mol. The third kappa shape index (κ3) is 4.59. The number of Topliss-reactive ketones (excluding diaryl/α,β-unsaturated/α-hetero) is 1. The molecule has 13 heteroatoms. The summed E-state index contributed by atoms with van der Waals surface area (Å²) in [5.74, 6) is -1.31. The van der Waals surface area contributed by atoms with Crippen molar-refractivity contribution in [2.75, 3.05) is 17.1 Å². The molecule has 3 heterocycles. The molecule has 11 nitrogen and oxygen atoms in total. The lowest BCUT2D eigenvalue weighted by Crippen LogP contribution is -2.23. The Bertz CT molecular complexity index is 1320. The fraction of sp³-hybridized carbons (Fsp3) is 0.200. The van der Waals surface area contributed by atoms with Crippen LogP contribution in [-0.2, 0) is 32.6 Å². The number of amides is 2. The van der Waals surface area contributed by atoms with Crippen molar-refractivity contribution < 1.29 is 32.0 Å². The number of nitrogens with one attached hydrogen (secondary N) is 3. The van der Waals surface area contributed by atoms with Gasteiger partial charge in [0.05, 0.1) is 36.9 Å². The summed E-state index contributed by atoms with van der Waals surface area (Å²) in [6.45, 7) is 0.196. The Morgan fingerprint density at radius 2 is 2.15 bits per heavy atom. The monoisotopic (exact) mass is 490 g/mol. The van der Waals surface area contributed by atoms with Gasteiger partial charge in [-0.15, -0.1) is 11.3 Å². The zero-order valence-electron chi connectivity index (χ0n) is 17.2. The number of sulfonamides is 1. The predicted molar refractivity (Wildman–Crippen MR) is 118 cm³/mol. The standard InChI is InChI=1S/C20H18N4O7S2/c1-30-18-12(4-5-15(25)22-10-11-3-2-7-31-11)14(9-13-16(18)23-19(27)17(13)26)24-33(28,29)20-21-6-8-32-20/h2-3,6-9,24H,4-5,10H2,1H3,(H,22,25)(H,23,26,27). The van der Waals surface area contributed by atoms with Gasteiger partial charge in [-0.05, 0) is 24.6 Å². The van der Waals surface area contributed by atoms with Gasteiger partial charge in [-0.2, -0.15) is 8.42 Å². The summed E-state index contributed by atoms with van der Waals surface area (Å²) >= 11 is 0.916. The number of carbonyl (C=O) groups excluding carboxylic acids is 3. The Balaban J connectivity index is 1.65. The van der Waals surface area contributed by atoms with E-state index < -0.39 is 21.7 Å². The van der Waals surface area contributed by atoms with Gasteiger partial charge in [0.2, 0.25) is 10.2 Å². The second-order valence-electron chi connectivity index (χ2n) is 6.90. The molecule has 0 spiro atoms. The van der Waals surface area contributed by atoms with Crippen LogP contribution in [0, 0.1) is 0 Å². The molecule has 0 saturated carbocycles. The lowest BCUT2D eigenvalue weighted by Gasteiger charge is -2.18. The van der Waals surface area contributed by atoms with Gasteiger partial charge in [0, 0.05) is 23.6 Å². The zero-order chi connectivity index (χ0) is 23.6. The average Bonchev–Trinajstić information content (AvgIpc) is 3.54. The van der Waals surface area contributed by atoms with Crippen LogP contribution in [0.15, 0.2) is 44.8 Å². The van der Waals surface area contributed by atoms with E-state index in [9.17, 15) is 22.8 Å². The van der Waals surface area contributed by atoms with E-state index in [2.05, 4.69) is 20.3 Å². The van der Waals surface area contributed by atoms with Crippen molar-refractivity contribution >= 4 is 50.3 Å². The van der Waals surface area contributed by atoms with E-state index in [0.29, 0.717) is 11.3 Å². The first kappa shape index (κ1) is 22.5. The normalized spacial score (nSPS) is 12.9. The van der Waals surface area contributed by atoms with Gasteiger partial charge < -0.3 is 19.8 Å². The summed E-state index contributed by atoms with van der Waals surface area (Å²) in [5.41, 5.74) is 0.430. The van der Waals surface area contributed by atoms with Crippen molar-refractivity contribution in [2.24, 2.45) is 0 Å². The van der Waals surface area contributed by atoms with Crippen LogP contribution in [0.1, 0.15) is 28.1 Å². The molecule has 0 fully saturated rings. The molecule has 3 aromatic rings. The van der Waals surface area contributed by atoms with E-state index in [-0.39, 0.29) is 52.3 Å². The van der Waals surface area contributed by atoms with Crippen LogP contribution < -0.4 is 20.1 Å². The Labute approximate surface area is 192 Å². The van der Waals surface area contributed by atoms with Crippen LogP contribution in [0.3, 0.4) is 0 Å². The Morgan fingerprint density at radius 3 is 2.82 bits per heavy atom. The van der Waals surface area contributed by atoms with Crippen molar-refractivity contribution in [1.29, 1.82) is 0 Å². The Kier molecular flexibility index (Phi) is 6.16. The lowest BCUT2D eigenvalue weighted by atomic mass is 10.0. The number of rotatable bonds is 9. The third-order valence-corrected chi connectivity index (χ3v) is 7.37. The minimum atomic E-state index is -4.07. The van der Waals surface area contributed by atoms with Crippen molar-refractivity contribution in [3.63, 3.8) is 0 Å². The van der Waals surface area contributed by atoms with E-state index in [4.69, 9.17) is 9.15 Å². The number of benzene rings is 1. The van der Waals surface area contributed by atoms with E-state index in [1.807, 2.05) is 0 Å². The fourth-order valence-electron chi connectivity index (χ4n) is 3.32. The second-order valence-corrected chi connectivity index (χ2v) is 9.65. The molecule has 0 saturated heterocycles. The van der Waals surface area contributed by atoms with E-state index >= 15 is 0 Å². The van der Waals surface area contributed by atoms with Crippen LogP contribution in [-0.4, -0.2) is 38.1 Å². The van der Waals surface area contributed by atoms with Crippen LogP contribution in [0.2, 0.25) is 0 Å². The van der Waals surface area contributed by atoms with E-state index in [0.717, 1.165) is 11.3 Å². The number of nitrogens with zero attached hydrogens (tertiary/aromatic N) is 1. The van der Waals surface area contributed by atoms with Crippen LogP contribution in [0.5, 0.6) is 5.75 Å². The summed E-state index contributed by atoms with van der Waals surface area (Å²) in [6.07, 6.45) is 2.87. The first-order valence-corrected chi connectivity index (χ1v) is 12.0. The van der Waals surface area contributed by atoms with Crippen molar-refractivity contribution in [2.45, 2.75) is 23.7 Å². The van der Waals surface area contributed by atoms with Gasteiger partial charge in [-0.1, -0.05) is 0 Å². The molecular weight excluding hydrogens is 472 g/mol. The third-order valence-electron chi connectivity index (χ3n) is 4.80. The van der Waals surface area contributed by atoms with Crippen molar-refractivity contribution in [3.8, 4) is 5.75 Å². The molecule has 4 rings (SSSR count). The highest BCUT2D eigenvalue weighted by Gasteiger charge is 2.34. The molecule has 0 aliphatic carbocycles. The number of aromatic nitrogens is 1. The minimum absolute atomic E-state index is 0.0180. The molecule has 33 heavy (non-hydrogen) atoms. The molecule has 2 amide bonds. The number of methoxy groups -OCH3 is 1. The molecule has 0 unspecified atom stereocenters. The Hall–Kier alpha value is -3.71. The minimum Gasteiger partial charge on any atom is -0.494 e. The predicted octanol–water partition coefficient (Wildman–Crippen LogP) is 1.93. The Morgan fingerprint density at radius 1 is 1.33 bits per heavy atom. The molecule has 1 aliphatic rings. The number of hydrogen-bond donors (Lipinski definition) is 3. The molecule has 1 aliphatic heterocycles.